The molecule has 0 radical (unpaired) electrons. The number of carbonyl (C=O) groups excluding carboxylic acids is 1. The van der Waals surface area contributed by atoms with Gasteiger partial charge in [0.1, 0.15) is 6.10 Å². The van der Waals surface area contributed by atoms with Gasteiger partial charge in [-0.1, -0.05) is 18.2 Å². The molecule has 0 spiro atoms. The van der Waals surface area contributed by atoms with Crippen LogP contribution in [-0.2, 0) is 4.74 Å². The molecule has 4 rings (SSSR count). The summed E-state index contributed by atoms with van der Waals surface area (Å²) in [4.78, 5) is 37.7. The zero-order valence-electron chi connectivity index (χ0n) is 13.4. The lowest BCUT2D eigenvalue weighted by atomic mass is 10.1. The predicted octanol–water partition coefficient (Wildman–Crippen LogP) is 1.53. The fraction of sp³-hybridized carbons (Fsp3) is 0.222. The Morgan fingerprint density at radius 1 is 1.24 bits per heavy atom. The van der Waals surface area contributed by atoms with E-state index in [9.17, 15) is 9.59 Å². The molecule has 1 amide bonds. The number of rotatable bonds is 2. The van der Waals surface area contributed by atoms with Crippen molar-refractivity contribution >= 4 is 16.9 Å². The lowest BCUT2D eigenvalue weighted by molar-refractivity contribution is -0.0232. The van der Waals surface area contributed by atoms with E-state index in [1.807, 2.05) is 24.3 Å². The van der Waals surface area contributed by atoms with Gasteiger partial charge in [0.2, 0.25) is 0 Å². The number of pyridine rings is 1. The van der Waals surface area contributed by atoms with Crippen LogP contribution in [0.5, 0.6) is 0 Å². The Labute approximate surface area is 143 Å². The van der Waals surface area contributed by atoms with Crippen LogP contribution < -0.4 is 5.56 Å². The van der Waals surface area contributed by atoms with Gasteiger partial charge in [-0.05, 0) is 18.2 Å². The normalized spacial score (nSPS) is 17.6. The van der Waals surface area contributed by atoms with E-state index >= 15 is 0 Å². The Bertz CT molecular complexity index is 971. The van der Waals surface area contributed by atoms with Crippen molar-refractivity contribution < 1.29 is 9.53 Å². The maximum absolute atomic E-state index is 12.8. The molecule has 126 valence electrons. The number of hydrogen-bond donors (Lipinski definition) is 1. The fourth-order valence-corrected chi connectivity index (χ4v) is 2.93. The van der Waals surface area contributed by atoms with Gasteiger partial charge >= 0.3 is 0 Å². The summed E-state index contributed by atoms with van der Waals surface area (Å²) in [6.45, 7) is 1.18. The molecule has 1 N–H and O–H groups in total. The van der Waals surface area contributed by atoms with Crippen molar-refractivity contribution in [1.29, 1.82) is 0 Å². The molecular weight excluding hydrogens is 320 g/mol. The van der Waals surface area contributed by atoms with E-state index in [0.29, 0.717) is 30.7 Å². The van der Waals surface area contributed by atoms with Crippen molar-refractivity contribution in [2.75, 3.05) is 19.7 Å². The molecule has 0 aliphatic carbocycles. The van der Waals surface area contributed by atoms with Gasteiger partial charge in [-0.3, -0.25) is 14.6 Å². The quantitative estimate of drug-likeness (QED) is 0.767. The van der Waals surface area contributed by atoms with Gasteiger partial charge < -0.3 is 14.6 Å². The van der Waals surface area contributed by atoms with Crippen LogP contribution in [0.15, 0.2) is 53.6 Å². The number of nitrogens with one attached hydrogen (secondary N) is 1. The van der Waals surface area contributed by atoms with Gasteiger partial charge in [0.15, 0.2) is 5.69 Å². The Morgan fingerprint density at radius 2 is 2.12 bits per heavy atom. The molecule has 0 saturated carbocycles. The summed E-state index contributed by atoms with van der Waals surface area (Å²) >= 11 is 0. The highest BCUT2D eigenvalue weighted by Crippen LogP contribution is 2.22. The first-order chi connectivity index (χ1) is 12.2. The van der Waals surface area contributed by atoms with E-state index in [0.717, 1.165) is 5.56 Å². The van der Waals surface area contributed by atoms with Crippen molar-refractivity contribution in [1.82, 2.24) is 19.9 Å². The van der Waals surface area contributed by atoms with Gasteiger partial charge in [-0.2, -0.15) is 0 Å². The number of nitrogens with zero attached hydrogens (tertiary/aromatic N) is 3. The van der Waals surface area contributed by atoms with E-state index in [4.69, 9.17) is 4.74 Å². The molecule has 3 heterocycles. The first-order valence-electron chi connectivity index (χ1n) is 8.02. The maximum atomic E-state index is 12.8. The molecule has 1 fully saturated rings. The molecule has 0 bridgehead atoms. The summed E-state index contributed by atoms with van der Waals surface area (Å²) < 4.78 is 5.74. The molecule has 3 aromatic rings. The minimum Gasteiger partial charge on any atom is -0.370 e. The van der Waals surface area contributed by atoms with E-state index in [2.05, 4.69) is 15.0 Å². The molecule has 25 heavy (non-hydrogen) atoms. The SMILES string of the molecule is O=C(c1nc2ccccc2[nH]c1=O)N1CCOC(c2cccnc2)C1. The lowest BCUT2D eigenvalue weighted by Crippen LogP contribution is -2.44. The van der Waals surface area contributed by atoms with Crippen LogP contribution in [0.25, 0.3) is 11.0 Å². The second-order valence-electron chi connectivity index (χ2n) is 5.83. The number of benzene rings is 1. The molecule has 1 atom stereocenters. The van der Waals surface area contributed by atoms with Crippen molar-refractivity contribution in [3.63, 3.8) is 0 Å². The number of fused-ring (bicyclic) bond motifs is 1. The summed E-state index contributed by atoms with van der Waals surface area (Å²) in [6, 6.07) is 10.9. The average Bonchev–Trinajstić information content (AvgIpc) is 2.68. The van der Waals surface area contributed by atoms with E-state index in [1.165, 1.54) is 0 Å². The number of amides is 1. The largest absolute Gasteiger partial charge is 0.370 e. The van der Waals surface area contributed by atoms with Crippen LogP contribution in [0.3, 0.4) is 0 Å². The van der Waals surface area contributed by atoms with Crippen molar-refractivity contribution in [2.45, 2.75) is 6.10 Å². The number of hydrogen-bond acceptors (Lipinski definition) is 5. The molecule has 1 aliphatic heterocycles. The van der Waals surface area contributed by atoms with Crippen molar-refractivity contribution in [3.05, 3.63) is 70.4 Å². The standard InChI is InChI=1S/C18H16N4O3/c23-17-16(20-13-5-1-2-6-14(13)21-17)18(24)22-8-9-25-15(11-22)12-4-3-7-19-10-12/h1-7,10,15H,8-9,11H2,(H,21,23). The van der Waals surface area contributed by atoms with Crippen LogP contribution >= 0.6 is 0 Å². The highest BCUT2D eigenvalue weighted by atomic mass is 16.5. The summed E-state index contributed by atoms with van der Waals surface area (Å²) in [6.07, 6.45) is 3.15. The van der Waals surface area contributed by atoms with Crippen LogP contribution in [-0.4, -0.2) is 45.5 Å². The summed E-state index contributed by atoms with van der Waals surface area (Å²) in [5.41, 5.74) is 1.53. The third kappa shape index (κ3) is 3.01. The van der Waals surface area contributed by atoms with Crippen LogP contribution in [0.1, 0.15) is 22.2 Å². The average molecular weight is 336 g/mol. The van der Waals surface area contributed by atoms with Crippen LogP contribution in [0, 0.1) is 0 Å². The van der Waals surface area contributed by atoms with Gasteiger partial charge in [0, 0.05) is 24.5 Å². The van der Waals surface area contributed by atoms with Crippen molar-refractivity contribution in [3.8, 4) is 0 Å². The number of carbonyl (C=O) groups is 1. The highest BCUT2D eigenvalue weighted by Gasteiger charge is 2.28. The first kappa shape index (κ1) is 15.5. The molecule has 1 saturated heterocycles. The maximum Gasteiger partial charge on any atom is 0.280 e. The molecule has 1 aromatic carbocycles. The lowest BCUT2D eigenvalue weighted by Gasteiger charge is -2.32. The minimum atomic E-state index is -0.479. The number of H-pyrrole nitrogens is 1. The molecule has 7 heteroatoms. The summed E-state index contributed by atoms with van der Waals surface area (Å²) in [7, 11) is 0. The highest BCUT2D eigenvalue weighted by molar-refractivity contribution is 5.93. The molecule has 1 unspecified atom stereocenters. The Balaban J connectivity index is 1.62. The van der Waals surface area contributed by atoms with Crippen molar-refractivity contribution in [2.24, 2.45) is 0 Å². The fourth-order valence-electron chi connectivity index (χ4n) is 2.93. The topological polar surface area (TPSA) is 88.2 Å². The Kier molecular flexibility index (Phi) is 3.99. The zero-order chi connectivity index (χ0) is 17.2. The number of ether oxygens (including phenoxy) is 1. The van der Waals surface area contributed by atoms with Gasteiger partial charge in [0.05, 0.1) is 24.2 Å². The monoisotopic (exact) mass is 336 g/mol. The Hall–Kier alpha value is -3.06. The smallest absolute Gasteiger partial charge is 0.280 e. The Morgan fingerprint density at radius 3 is 2.96 bits per heavy atom. The van der Waals surface area contributed by atoms with E-state index in [-0.39, 0.29) is 17.7 Å². The zero-order valence-corrected chi connectivity index (χ0v) is 13.4. The third-order valence-corrected chi connectivity index (χ3v) is 4.21. The minimum absolute atomic E-state index is 0.0921. The summed E-state index contributed by atoms with van der Waals surface area (Å²) in [5, 5.41) is 0. The summed E-state index contributed by atoms with van der Waals surface area (Å²) in [5.74, 6) is -0.385. The van der Waals surface area contributed by atoms with Crippen LogP contribution in [0.4, 0.5) is 0 Å². The second kappa shape index (κ2) is 6.45. The number of para-hydroxylation sites is 2. The van der Waals surface area contributed by atoms with Gasteiger partial charge in [-0.15, -0.1) is 0 Å². The number of aromatic amines is 1. The van der Waals surface area contributed by atoms with E-state index < -0.39 is 5.56 Å². The second-order valence-corrected chi connectivity index (χ2v) is 5.83. The molecular formula is C18H16N4O3. The number of morpholine rings is 1. The molecule has 7 nitrogen and oxygen atoms in total. The predicted molar refractivity (Wildman–Crippen MR) is 91.2 cm³/mol. The first-order valence-corrected chi connectivity index (χ1v) is 8.02. The van der Waals surface area contributed by atoms with Gasteiger partial charge in [-0.25, -0.2) is 4.98 Å². The molecule has 2 aromatic heterocycles. The third-order valence-electron chi connectivity index (χ3n) is 4.21. The molecule has 1 aliphatic rings. The van der Waals surface area contributed by atoms with Crippen LogP contribution in [0.2, 0.25) is 0 Å². The van der Waals surface area contributed by atoms with Gasteiger partial charge in [0.25, 0.3) is 11.5 Å². The van der Waals surface area contributed by atoms with E-state index in [1.54, 1.807) is 29.4 Å². The number of aromatic nitrogens is 3.